The van der Waals surface area contributed by atoms with Crippen molar-refractivity contribution in [2.45, 2.75) is 25.9 Å². The van der Waals surface area contributed by atoms with Gasteiger partial charge in [0.1, 0.15) is 5.82 Å². The van der Waals surface area contributed by atoms with Gasteiger partial charge in [-0.2, -0.15) is 0 Å². The number of hydrogen-bond donors (Lipinski definition) is 1. The largest absolute Gasteiger partial charge is 0.481 e. The second-order valence-electron chi connectivity index (χ2n) is 5.23. The van der Waals surface area contributed by atoms with Gasteiger partial charge in [-0.25, -0.2) is 4.39 Å². The summed E-state index contributed by atoms with van der Waals surface area (Å²) >= 11 is 5.99. The maximum atomic E-state index is 13.5. The number of nitrogens with zero attached hydrogens (tertiary/aromatic N) is 1. The van der Waals surface area contributed by atoms with Crippen molar-refractivity contribution in [2.24, 2.45) is 5.92 Å². The van der Waals surface area contributed by atoms with Crippen LogP contribution < -0.4 is 0 Å². The number of carboxylic acids is 1. The summed E-state index contributed by atoms with van der Waals surface area (Å²) in [7, 11) is 0. The van der Waals surface area contributed by atoms with E-state index in [1.807, 2.05) is 11.8 Å². The summed E-state index contributed by atoms with van der Waals surface area (Å²) in [6, 6.07) is 4.48. The van der Waals surface area contributed by atoms with Crippen molar-refractivity contribution in [1.29, 1.82) is 0 Å². The van der Waals surface area contributed by atoms with E-state index in [1.54, 1.807) is 12.1 Å². The van der Waals surface area contributed by atoms with E-state index in [1.165, 1.54) is 6.07 Å². The number of ether oxygens (including phenoxy) is 1. The Hall–Kier alpha value is -1.17. The van der Waals surface area contributed by atoms with Crippen LogP contribution in [0.25, 0.3) is 0 Å². The van der Waals surface area contributed by atoms with Gasteiger partial charge in [-0.05, 0) is 24.6 Å². The van der Waals surface area contributed by atoms with Gasteiger partial charge in [0, 0.05) is 12.6 Å². The third-order valence-corrected chi connectivity index (χ3v) is 4.18. The molecule has 0 aliphatic carbocycles. The SMILES string of the molecule is CCCN(Cc1cccc(F)c1Cl)C1COCC1C(=O)O. The lowest BCUT2D eigenvalue weighted by molar-refractivity contribution is -0.143. The number of hydrogen-bond acceptors (Lipinski definition) is 3. The quantitative estimate of drug-likeness (QED) is 0.877. The van der Waals surface area contributed by atoms with E-state index in [9.17, 15) is 14.3 Å². The lowest BCUT2D eigenvalue weighted by Crippen LogP contribution is -2.43. The first kappa shape index (κ1) is 16.2. The first-order valence-electron chi connectivity index (χ1n) is 7.02. The third-order valence-electron chi connectivity index (χ3n) is 3.75. The van der Waals surface area contributed by atoms with Gasteiger partial charge in [-0.3, -0.25) is 9.69 Å². The molecule has 116 valence electrons. The molecule has 1 N–H and O–H groups in total. The Kier molecular flexibility index (Phi) is 5.56. The number of halogens is 2. The molecule has 21 heavy (non-hydrogen) atoms. The molecule has 0 radical (unpaired) electrons. The Balaban J connectivity index is 2.19. The molecule has 1 aliphatic heterocycles. The maximum Gasteiger partial charge on any atom is 0.310 e. The molecule has 1 saturated heterocycles. The normalized spacial score (nSPS) is 21.9. The van der Waals surface area contributed by atoms with Crippen LogP contribution in [0.2, 0.25) is 5.02 Å². The minimum atomic E-state index is -0.857. The van der Waals surface area contributed by atoms with E-state index in [-0.39, 0.29) is 17.7 Å². The molecule has 0 spiro atoms. The van der Waals surface area contributed by atoms with Crippen LogP contribution in [0.5, 0.6) is 0 Å². The maximum absolute atomic E-state index is 13.5. The van der Waals surface area contributed by atoms with Gasteiger partial charge in [-0.1, -0.05) is 30.7 Å². The van der Waals surface area contributed by atoms with Crippen molar-refractivity contribution < 1.29 is 19.0 Å². The summed E-state index contributed by atoms with van der Waals surface area (Å²) in [4.78, 5) is 13.3. The molecule has 6 heteroatoms. The Morgan fingerprint density at radius 1 is 1.52 bits per heavy atom. The second-order valence-corrected chi connectivity index (χ2v) is 5.61. The summed E-state index contributed by atoms with van der Waals surface area (Å²) in [6.07, 6.45) is 0.871. The molecule has 1 fully saturated rings. The van der Waals surface area contributed by atoms with Crippen LogP contribution in [0.3, 0.4) is 0 Å². The van der Waals surface area contributed by atoms with Gasteiger partial charge in [-0.15, -0.1) is 0 Å². The molecule has 0 bridgehead atoms. The second kappa shape index (κ2) is 7.20. The van der Waals surface area contributed by atoms with Gasteiger partial charge < -0.3 is 9.84 Å². The Bertz CT molecular complexity index is 512. The van der Waals surface area contributed by atoms with E-state index in [0.717, 1.165) is 6.42 Å². The molecule has 2 rings (SSSR count). The molecule has 2 unspecified atom stereocenters. The summed E-state index contributed by atoms with van der Waals surface area (Å²) in [6.45, 7) is 3.75. The van der Waals surface area contributed by atoms with Crippen molar-refractivity contribution in [3.05, 3.63) is 34.6 Å². The first-order chi connectivity index (χ1) is 10.0. The first-order valence-corrected chi connectivity index (χ1v) is 7.39. The number of benzene rings is 1. The molecule has 1 aliphatic rings. The Labute approximate surface area is 128 Å². The molecular formula is C15H19ClFNO3. The van der Waals surface area contributed by atoms with Crippen LogP contribution in [-0.2, 0) is 16.1 Å². The van der Waals surface area contributed by atoms with Crippen molar-refractivity contribution in [3.63, 3.8) is 0 Å². The van der Waals surface area contributed by atoms with Crippen LogP contribution in [0.4, 0.5) is 4.39 Å². The molecule has 2 atom stereocenters. The van der Waals surface area contributed by atoms with E-state index in [4.69, 9.17) is 16.3 Å². The Morgan fingerprint density at radius 3 is 2.95 bits per heavy atom. The van der Waals surface area contributed by atoms with Crippen LogP contribution >= 0.6 is 11.6 Å². The summed E-state index contributed by atoms with van der Waals surface area (Å²) in [5.41, 5.74) is 0.668. The van der Waals surface area contributed by atoms with Crippen LogP contribution in [0.1, 0.15) is 18.9 Å². The van der Waals surface area contributed by atoms with Crippen LogP contribution in [-0.4, -0.2) is 41.8 Å². The molecule has 4 nitrogen and oxygen atoms in total. The summed E-state index contributed by atoms with van der Waals surface area (Å²) in [5.74, 6) is -1.86. The topological polar surface area (TPSA) is 49.8 Å². The van der Waals surface area contributed by atoms with Crippen molar-refractivity contribution in [1.82, 2.24) is 4.90 Å². The van der Waals surface area contributed by atoms with Crippen LogP contribution in [0.15, 0.2) is 18.2 Å². The Morgan fingerprint density at radius 2 is 2.29 bits per heavy atom. The molecule has 0 saturated carbocycles. The average Bonchev–Trinajstić information content (AvgIpc) is 2.92. The number of rotatable bonds is 6. The number of aliphatic carboxylic acids is 1. The lowest BCUT2D eigenvalue weighted by Gasteiger charge is -2.30. The van der Waals surface area contributed by atoms with Gasteiger partial charge in [0.15, 0.2) is 0 Å². The molecule has 1 heterocycles. The minimum Gasteiger partial charge on any atom is -0.481 e. The average molecular weight is 316 g/mol. The predicted octanol–water partition coefficient (Wildman–Crippen LogP) is 2.79. The van der Waals surface area contributed by atoms with E-state index < -0.39 is 17.7 Å². The highest BCUT2D eigenvalue weighted by Crippen LogP contribution is 2.26. The highest BCUT2D eigenvalue weighted by Gasteiger charge is 2.37. The highest BCUT2D eigenvalue weighted by molar-refractivity contribution is 6.31. The number of carboxylic acid groups (broad SMARTS) is 1. The standard InChI is InChI=1S/C15H19ClFNO3/c1-2-6-18(13-9-21-8-11(13)15(19)20)7-10-4-3-5-12(17)14(10)16/h3-5,11,13H,2,6-9H2,1H3,(H,19,20). The monoisotopic (exact) mass is 315 g/mol. The van der Waals surface area contributed by atoms with E-state index >= 15 is 0 Å². The van der Waals surface area contributed by atoms with Crippen molar-refractivity contribution >= 4 is 17.6 Å². The van der Waals surface area contributed by atoms with E-state index in [0.29, 0.717) is 25.3 Å². The fraction of sp³-hybridized carbons (Fsp3) is 0.533. The zero-order chi connectivity index (χ0) is 15.4. The molecular weight excluding hydrogens is 297 g/mol. The van der Waals surface area contributed by atoms with Crippen LogP contribution in [0, 0.1) is 11.7 Å². The number of carbonyl (C=O) groups is 1. The summed E-state index contributed by atoms with van der Waals surface area (Å²) in [5, 5.41) is 9.37. The smallest absolute Gasteiger partial charge is 0.310 e. The lowest BCUT2D eigenvalue weighted by atomic mass is 10.0. The van der Waals surface area contributed by atoms with Gasteiger partial charge >= 0.3 is 5.97 Å². The predicted molar refractivity (Wildman–Crippen MR) is 77.8 cm³/mol. The zero-order valence-electron chi connectivity index (χ0n) is 11.9. The highest BCUT2D eigenvalue weighted by atomic mass is 35.5. The third kappa shape index (κ3) is 3.73. The molecule has 1 aromatic rings. The fourth-order valence-electron chi connectivity index (χ4n) is 2.68. The molecule has 1 aromatic carbocycles. The fourth-order valence-corrected chi connectivity index (χ4v) is 2.86. The van der Waals surface area contributed by atoms with Gasteiger partial charge in [0.25, 0.3) is 0 Å². The van der Waals surface area contributed by atoms with Gasteiger partial charge in [0.2, 0.25) is 0 Å². The van der Waals surface area contributed by atoms with E-state index in [2.05, 4.69) is 0 Å². The molecule has 0 amide bonds. The minimum absolute atomic E-state index is 0.101. The van der Waals surface area contributed by atoms with Gasteiger partial charge in [0.05, 0.1) is 24.2 Å². The molecule has 0 aromatic heterocycles. The van der Waals surface area contributed by atoms with Crippen molar-refractivity contribution in [2.75, 3.05) is 19.8 Å². The summed E-state index contributed by atoms with van der Waals surface area (Å²) < 4.78 is 18.8. The zero-order valence-corrected chi connectivity index (χ0v) is 12.6. The van der Waals surface area contributed by atoms with Crippen molar-refractivity contribution in [3.8, 4) is 0 Å².